The van der Waals surface area contributed by atoms with Crippen LogP contribution >= 0.6 is 15.9 Å². The highest BCUT2D eigenvalue weighted by Gasteiger charge is 2.07. The standard InChI is InChI=1S/C15H15BrN4O3/c16-10-4-1-2-5-11(10)19-12-8-13(18-9-17-12)20-14(21)6-3-7-15(22)23/h1-2,4-5,8-9H,3,6-7H2,(H,22,23)(H2,17,18,19,20,21). The molecule has 0 unspecified atom stereocenters. The summed E-state index contributed by atoms with van der Waals surface area (Å²) in [6.45, 7) is 0. The second kappa shape index (κ2) is 8.23. The molecule has 0 saturated heterocycles. The first kappa shape index (κ1) is 16.9. The van der Waals surface area contributed by atoms with Crippen LogP contribution in [0.5, 0.6) is 0 Å². The van der Waals surface area contributed by atoms with Gasteiger partial charge in [0.25, 0.3) is 0 Å². The Morgan fingerprint density at radius 1 is 1.13 bits per heavy atom. The quantitative estimate of drug-likeness (QED) is 0.683. The number of carbonyl (C=O) groups excluding carboxylic acids is 1. The van der Waals surface area contributed by atoms with E-state index in [1.165, 1.54) is 6.33 Å². The number of hydrogen-bond donors (Lipinski definition) is 3. The molecule has 0 spiro atoms. The summed E-state index contributed by atoms with van der Waals surface area (Å²) in [5.74, 6) is -0.306. The fourth-order valence-electron chi connectivity index (χ4n) is 1.80. The Balaban J connectivity index is 1.96. The van der Waals surface area contributed by atoms with Crippen LogP contribution in [-0.2, 0) is 9.59 Å². The third-order valence-corrected chi connectivity index (χ3v) is 3.56. The highest BCUT2D eigenvalue weighted by molar-refractivity contribution is 9.10. The van der Waals surface area contributed by atoms with Gasteiger partial charge < -0.3 is 15.7 Å². The number of hydrogen-bond acceptors (Lipinski definition) is 5. The Morgan fingerprint density at radius 2 is 1.87 bits per heavy atom. The average molecular weight is 379 g/mol. The van der Waals surface area contributed by atoms with Crippen molar-refractivity contribution in [2.75, 3.05) is 10.6 Å². The van der Waals surface area contributed by atoms with Gasteiger partial charge in [0.2, 0.25) is 5.91 Å². The molecule has 0 aliphatic rings. The van der Waals surface area contributed by atoms with Gasteiger partial charge in [0, 0.05) is 23.4 Å². The van der Waals surface area contributed by atoms with Gasteiger partial charge in [-0.3, -0.25) is 9.59 Å². The number of aliphatic carboxylic acids is 1. The summed E-state index contributed by atoms with van der Waals surface area (Å²) in [5, 5.41) is 14.3. The van der Waals surface area contributed by atoms with Gasteiger partial charge in [-0.05, 0) is 34.5 Å². The number of carbonyl (C=O) groups is 2. The molecule has 0 fully saturated rings. The lowest BCUT2D eigenvalue weighted by molar-refractivity contribution is -0.137. The molecule has 0 aliphatic heterocycles. The van der Waals surface area contributed by atoms with E-state index in [-0.39, 0.29) is 25.2 Å². The highest BCUT2D eigenvalue weighted by Crippen LogP contribution is 2.24. The number of para-hydroxylation sites is 1. The Morgan fingerprint density at radius 3 is 2.61 bits per heavy atom. The van der Waals surface area contributed by atoms with Crippen molar-refractivity contribution in [2.24, 2.45) is 0 Å². The molecule has 0 saturated carbocycles. The number of halogens is 1. The molecule has 0 radical (unpaired) electrons. The smallest absolute Gasteiger partial charge is 0.303 e. The lowest BCUT2D eigenvalue weighted by Gasteiger charge is -2.09. The maximum absolute atomic E-state index is 11.7. The largest absolute Gasteiger partial charge is 0.481 e. The van der Waals surface area contributed by atoms with E-state index in [1.54, 1.807) is 6.07 Å². The van der Waals surface area contributed by atoms with E-state index in [0.717, 1.165) is 10.2 Å². The van der Waals surface area contributed by atoms with Gasteiger partial charge in [0.1, 0.15) is 18.0 Å². The fourth-order valence-corrected chi connectivity index (χ4v) is 2.18. The van der Waals surface area contributed by atoms with Crippen LogP contribution in [0.4, 0.5) is 17.3 Å². The van der Waals surface area contributed by atoms with Crippen molar-refractivity contribution in [3.8, 4) is 0 Å². The molecule has 0 atom stereocenters. The number of carboxylic acids is 1. The van der Waals surface area contributed by atoms with Crippen LogP contribution < -0.4 is 10.6 Å². The van der Waals surface area contributed by atoms with Crippen molar-refractivity contribution in [3.63, 3.8) is 0 Å². The van der Waals surface area contributed by atoms with E-state index in [2.05, 4.69) is 36.5 Å². The monoisotopic (exact) mass is 378 g/mol. The van der Waals surface area contributed by atoms with E-state index in [4.69, 9.17) is 5.11 Å². The molecule has 1 aromatic carbocycles. The minimum absolute atomic E-state index is 0.0357. The minimum Gasteiger partial charge on any atom is -0.481 e. The molecular weight excluding hydrogens is 364 g/mol. The van der Waals surface area contributed by atoms with Gasteiger partial charge in [-0.15, -0.1) is 0 Å². The zero-order valence-corrected chi connectivity index (χ0v) is 13.7. The first-order chi connectivity index (χ1) is 11.0. The maximum atomic E-state index is 11.7. The number of aromatic nitrogens is 2. The van der Waals surface area contributed by atoms with Crippen LogP contribution in [0.2, 0.25) is 0 Å². The van der Waals surface area contributed by atoms with Crippen LogP contribution in [0.3, 0.4) is 0 Å². The molecule has 120 valence electrons. The predicted octanol–water partition coefficient (Wildman–Crippen LogP) is 3.18. The zero-order chi connectivity index (χ0) is 16.7. The molecule has 3 N–H and O–H groups in total. The van der Waals surface area contributed by atoms with Gasteiger partial charge in [-0.25, -0.2) is 9.97 Å². The molecule has 8 heteroatoms. The van der Waals surface area contributed by atoms with Crippen LogP contribution in [0.25, 0.3) is 0 Å². The lowest BCUT2D eigenvalue weighted by Crippen LogP contribution is -2.13. The minimum atomic E-state index is -0.917. The third kappa shape index (κ3) is 5.67. The molecule has 23 heavy (non-hydrogen) atoms. The number of benzene rings is 1. The first-order valence-corrected chi connectivity index (χ1v) is 7.69. The summed E-state index contributed by atoms with van der Waals surface area (Å²) in [5.41, 5.74) is 0.838. The topological polar surface area (TPSA) is 104 Å². The van der Waals surface area contributed by atoms with E-state index in [1.807, 2.05) is 24.3 Å². The Kier molecular flexibility index (Phi) is 6.04. The van der Waals surface area contributed by atoms with E-state index >= 15 is 0 Å². The summed E-state index contributed by atoms with van der Waals surface area (Å²) in [6, 6.07) is 9.18. The Bertz CT molecular complexity index is 709. The highest BCUT2D eigenvalue weighted by atomic mass is 79.9. The summed E-state index contributed by atoms with van der Waals surface area (Å²) >= 11 is 3.43. The second-order valence-corrected chi connectivity index (χ2v) is 5.54. The lowest BCUT2D eigenvalue weighted by atomic mass is 10.2. The molecular formula is C15H15BrN4O3. The summed E-state index contributed by atoms with van der Waals surface area (Å²) in [6.07, 6.45) is 1.72. The van der Waals surface area contributed by atoms with Gasteiger partial charge in [-0.2, -0.15) is 0 Å². The zero-order valence-electron chi connectivity index (χ0n) is 12.1. The molecule has 1 aromatic heterocycles. The summed E-state index contributed by atoms with van der Waals surface area (Å²) < 4.78 is 0.887. The molecule has 2 rings (SSSR count). The van der Waals surface area contributed by atoms with E-state index in [9.17, 15) is 9.59 Å². The molecule has 2 aromatic rings. The van der Waals surface area contributed by atoms with E-state index < -0.39 is 5.97 Å². The van der Waals surface area contributed by atoms with Gasteiger partial charge in [0.15, 0.2) is 0 Å². The van der Waals surface area contributed by atoms with Crippen molar-refractivity contribution in [1.29, 1.82) is 0 Å². The number of rotatable bonds is 7. The van der Waals surface area contributed by atoms with Gasteiger partial charge >= 0.3 is 5.97 Å². The van der Waals surface area contributed by atoms with Crippen LogP contribution in [0, 0.1) is 0 Å². The van der Waals surface area contributed by atoms with Crippen molar-refractivity contribution in [3.05, 3.63) is 41.1 Å². The van der Waals surface area contributed by atoms with Crippen LogP contribution in [0.1, 0.15) is 19.3 Å². The van der Waals surface area contributed by atoms with E-state index in [0.29, 0.717) is 11.6 Å². The number of nitrogens with zero attached hydrogens (tertiary/aromatic N) is 2. The Hall–Kier alpha value is -2.48. The normalized spacial score (nSPS) is 10.1. The number of carboxylic acid groups (broad SMARTS) is 1. The molecule has 0 bridgehead atoms. The predicted molar refractivity (Wildman–Crippen MR) is 89.6 cm³/mol. The van der Waals surface area contributed by atoms with Crippen LogP contribution in [0.15, 0.2) is 41.1 Å². The third-order valence-electron chi connectivity index (χ3n) is 2.87. The van der Waals surface area contributed by atoms with Crippen LogP contribution in [-0.4, -0.2) is 27.0 Å². The molecule has 1 amide bonds. The number of nitrogens with one attached hydrogen (secondary N) is 2. The van der Waals surface area contributed by atoms with Gasteiger partial charge in [0.05, 0.1) is 5.69 Å². The van der Waals surface area contributed by atoms with Crippen molar-refractivity contribution in [2.45, 2.75) is 19.3 Å². The number of amides is 1. The average Bonchev–Trinajstić information content (AvgIpc) is 2.49. The second-order valence-electron chi connectivity index (χ2n) is 4.69. The number of anilines is 3. The fraction of sp³-hybridized carbons (Fsp3) is 0.200. The molecule has 1 heterocycles. The van der Waals surface area contributed by atoms with Crippen molar-refractivity contribution >= 4 is 45.1 Å². The molecule has 7 nitrogen and oxygen atoms in total. The van der Waals surface area contributed by atoms with Gasteiger partial charge in [-0.1, -0.05) is 12.1 Å². The van der Waals surface area contributed by atoms with Crippen molar-refractivity contribution < 1.29 is 14.7 Å². The first-order valence-electron chi connectivity index (χ1n) is 6.90. The van der Waals surface area contributed by atoms with Crippen molar-refractivity contribution in [1.82, 2.24) is 9.97 Å². The Labute approximate surface area is 141 Å². The SMILES string of the molecule is O=C(O)CCCC(=O)Nc1cc(Nc2ccccc2Br)ncn1. The summed E-state index contributed by atoms with van der Waals surface area (Å²) in [7, 11) is 0. The molecule has 0 aliphatic carbocycles. The summed E-state index contributed by atoms with van der Waals surface area (Å²) in [4.78, 5) is 30.2. The maximum Gasteiger partial charge on any atom is 0.303 e.